The number of non-ortho nitro benzene ring substituents is 1. The number of hydrogen-bond acceptors (Lipinski definition) is 5. The van der Waals surface area contributed by atoms with Gasteiger partial charge in [0.25, 0.3) is 5.69 Å². The number of carboxylic acid groups (broad SMARTS) is 1. The zero-order valence-corrected chi connectivity index (χ0v) is 17.3. The monoisotopic (exact) mass is 431 g/mol. The average molecular weight is 431 g/mol. The Bertz CT molecular complexity index is 1250. The van der Waals surface area contributed by atoms with Crippen LogP contribution in [0.4, 0.5) is 11.4 Å². The van der Waals surface area contributed by atoms with Gasteiger partial charge in [0.2, 0.25) is 10.0 Å². The Morgan fingerprint density at radius 1 is 1.20 bits per heavy atom. The fourth-order valence-electron chi connectivity index (χ4n) is 3.49. The molecule has 0 bridgehead atoms. The summed E-state index contributed by atoms with van der Waals surface area (Å²) in [7, 11) is -3.73. The van der Waals surface area contributed by atoms with Crippen LogP contribution in [0.2, 0.25) is 0 Å². The molecule has 3 aromatic rings. The Morgan fingerprint density at radius 2 is 1.90 bits per heavy atom. The zero-order valence-electron chi connectivity index (χ0n) is 16.5. The molecule has 10 heteroatoms. The van der Waals surface area contributed by atoms with Gasteiger partial charge >= 0.3 is 5.97 Å². The lowest BCUT2D eigenvalue weighted by molar-refractivity contribution is -0.384. The van der Waals surface area contributed by atoms with Gasteiger partial charge in [-0.3, -0.25) is 19.6 Å². The molecular weight excluding hydrogens is 410 g/mol. The number of nitrogens with one attached hydrogen (secondary N) is 1. The number of carbonyl (C=O) groups is 1. The minimum atomic E-state index is -3.73. The van der Waals surface area contributed by atoms with E-state index in [1.54, 1.807) is 24.5 Å². The maximum Gasteiger partial charge on any atom is 0.323 e. The van der Waals surface area contributed by atoms with Crippen molar-refractivity contribution in [2.45, 2.75) is 26.8 Å². The number of fused-ring (bicyclic) bond motifs is 1. The quantitative estimate of drug-likeness (QED) is 0.416. The number of sulfonamides is 1. The number of aryl methyl sites for hydroxylation is 2. The number of anilines is 1. The largest absolute Gasteiger partial charge is 0.480 e. The molecule has 30 heavy (non-hydrogen) atoms. The number of para-hydroxylation sites is 1. The van der Waals surface area contributed by atoms with Crippen molar-refractivity contribution < 1.29 is 23.2 Å². The van der Waals surface area contributed by atoms with Crippen molar-refractivity contribution in [1.29, 1.82) is 0 Å². The molecule has 1 heterocycles. The maximum atomic E-state index is 12.6. The number of carboxylic acids is 1. The molecule has 0 aliphatic heterocycles. The van der Waals surface area contributed by atoms with Crippen molar-refractivity contribution >= 4 is 38.3 Å². The van der Waals surface area contributed by atoms with Gasteiger partial charge in [-0.15, -0.1) is 0 Å². The standard InChI is InChI=1S/C20H21N3O6S/c1-13-11-15(23(26)27)7-8-18(13)21-30(28,29)10-9-16-14(2)22(12-20(24)25)19-6-4-3-5-17(16)19/h3-8,11,21H,9-10,12H2,1-2H3,(H,24,25). The van der Waals surface area contributed by atoms with Gasteiger partial charge in [-0.1, -0.05) is 18.2 Å². The molecular formula is C20H21N3O6S. The van der Waals surface area contributed by atoms with E-state index in [0.29, 0.717) is 11.3 Å². The van der Waals surface area contributed by atoms with E-state index in [4.69, 9.17) is 0 Å². The van der Waals surface area contributed by atoms with Crippen LogP contribution in [0.3, 0.4) is 0 Å². The number of benzene rings is 2. The average Bonchev–Trinajstić information content (AvgIpc) is 2.93. The van der Waals surface area contributed by atoms with E-state index < -0.39 is 20.9 Å². The normalized spacial score (nSPS) is 11.5. The molecule has 0 saturated carbocycles. The van der Waals surface area contributed by atoms with E-state index >= 15 is 0 Å². The summed E-state index contributed by atoms with van der Waals surface area (Å²) in [6.45, 7) is 3.16. The number of aliphatic carboxylic acids is 1. The molecule has 0 fully saturated rings. The lowest BCUT2D eigenvalue weighted by Gasteiger charge is -2.11. The van der Waals surface area contributed by atoms with Crippen LogP contribution in [-0.4, -0.2) is 34.7 Å². The summed E-state index contributed by atoms with van der Waals surface area (Å²) in [6.07, 6.45) is 0.195. The first-order valence-electron chi connectivity index (χ1n) is 9.13. The van der Waals surface area contributed by atoms with E-state index in [1.165, 1.54) is 18.2 Å². The first-order valence-corrected chi connectivity index (χ1v) is 10.8. The van der Waals surface area contributed by atoms with Gasteiger partial charge in [0, 0.05) is 28.7 Å². The van der Waals surface area contributed by atoms with Crippen LogP contribution in [0, 0.1) is 24.0 Å². The highest BCUT2D eigenvalue weighted by molar-refractivity contribution is 7.92. The van der Waals surface area contributed by atoms with Gasteiger partial charge in [0.15, 0.2) is 0 Å². The molecule has 0 amide bonds. The second kappa shape index (κ2) is 8.15. The molecule has 0 atom stereocenters. The highest BCUT2D eigenvalue weighted by atomic mass is 32.2. The third kappa shape index (κ3) is 4.43. The maximum absolute atomic E-state index is 12.6. The molecule has 0 saturated heterocycles. The molecule has 0 spiro atoms. The van der Waals surface area contributed by atoms with Crippen molar-refractivity contribution in [2.24, 2.45) is 0 Å². The van der Waals surface area contributed by atoms with E-state index in [1.807, 2.05) is 18.2 Å². The number of hydrogen-bond donors (Lipinski definition) is 2. The van der Waals surface area contributed by atoms with Crippen molar-refractivity contribution in [2.75, 3.05) is 10.5 Å². The highest BCUT2D eigenvalue weighted by Gasteiger charge is 2.19. The predicted octanol–water partition coefficient (Wildman–Crippen LogP) is 3.24. The summed E-state index contributed by atoms with van der Waals surface area (Å²) in [5.74, 6) is -1.20. The van der Waals surface area contributed by atoms with Crippen LogP contribution in [-0.2, 0) is 27.8 Å². The summed E-state index contributed by atoms with van der Waals surface area (Å²) >= 11 is 0. The summed E-state index contributed by atoms with van der Waals surface area (Å²) in [4.78, 5) is 21.5. The minimum Gasteiger partial charge on any atom is -0.480 e. The first-order chi connectivity index (χ1) is 14.1. The summed E-state index contributed by atoms with van der Waals surface area (Å²) in [5, 5.41) is 20.9. The van der Waals surface area contributed by atoms with Crippen LogP contribution in [0.5, 0.6) is 0 Å². The molecule has 3 rings (SSSR count). The van der Waals surface area contributed by atoms with Gasteiger partial charge in [0.05, 0.1) is 16.4 Å². The summed E-state index contributed by atoms with van der Waals surface area (Å²) in [5.41, 5.74) is 2.84. The second-order valence-corrected chi connectivity index (χ2v) is 8.83. The fourth-order valence-corrected chi connectivity index (χ4v) is 4.63. The number of aromatic nitrogens is 1. The Labute approximate surface area is 173 Å². The number of nitro benzene ring substituents is 1. The highest BCUT2D eigenvalue weighted by Crippen LogP contribution is 2.27. The zero-order chi connectivity index (χ0) is 22.1. The van der Waals surface area contributed by atoms with Gasteiger partial charge in [-0.2, -0.15) is 0 Å². The summed E-state index contributed by atoms with van der Waals surface area (Å²) < 4.78 is 29.4. The third-order valence-electron chi connectivity index (χ3n) is 4.96. The van der Waals surface area contributed by atoms with Crippen LogP contribution in [0.25, 0.3) is 10.9 Å². The molecule has 2 aromatic carbocycles. The smallest absolute Gasteiger partial charge is 0.323 e. The van der Waals surface area contributed by atoms with Crippen molar-refractivity contribution in [3.05, 3.63) is 69.4 Å². The molecule has 0 unspecified atom stereocenters. The first kappa shape index (κ1) is 21.3. The van der Waals surface area contributed by atoms with Crippen LogP contribution in [0.1, 0.15) is 16.8 Å². The SMILES string of the molecule is Cc1cc([N+](=O)[O-])ccc1NS(=O)(=O)CCc1c(C)n(CC(=O)O)c2ccccc12. The molecule has 0 radical (unpaired) electrons. The molecule has 2 N–H and O–H groups in total. The number of nitrogens with zero attached hydrogens (tertiary/aromatic N) is 2. The lowest BCUT2D eigenvalue weighted by Crippen LogP contribution is -2.19. The Balaban J connectivity index is 1.84. The van der Waals surface area contributed by atoms with Crippen LogP contribution in [0.15, 0.2) is 42.5 Å². The van der Waals surface area contributed by atoms with Gasteiger partial charge in [-0.25, -0.2) is 8.42 Å². The van der Waals surface area contributed by atoms with Gasteiger partial charge in [0.1, 0.15) is 6.54 Å². The molecule has 158 valence electrons. The summed E-state index contributed by atoms with van der Waals surface area (Å²) in [6, 6.07) is 11.2. The number of nitro groups is 1. The number of rotatable bonds is 8. The van der Waals surface area contributed by atoms with E-state index in [0.717, 1.165) is 16.5 Å². The fraction of sp³-hybridized carbons (Fsp3) is 0.250. The van der Waals surface area contributed by atoms with Gasteiger partial charge < -0.3 is 9.67 Å². The van der Waals surface area contributed by atoms with E-state index in [9.17, 15) is 28.4 Å². The molecule has 0 aliphatic rings. The van der Waals surface area contributed by atoms with Crippen LogP contribution >= 0.6 is 0 Å². The van der Waals surface area contributed by atoms with E-state index in [2.05, 4.69) is 4.72 Å². The molecule has 0 aliphatic carbocycles. The van der Waals surface area contributed by atoms with Crippen LogP contribution < -0.4 is 4.72 Å². The topological polar surface area (TPSA) is 132 Å². The van der Waals surface area contributed by atoms with E-state index in [-0.39, 0.29) is 30.1 Å². The van der Waals surface area contributed by atoms with Crippen molar-refractivity contribution in [1.82, 2.24) is 4.57 Å². The molecule has 1 aromatic heterocycles. The van der Waals surface area contributed by atoms with Gasteiger partial charge in [-0.05, 0) is 43.5 Å². The third-order valence-corrected chi connectivity index (χ3v) is 6.23. The van der Waals surface area contributed by atoms with Crippen molar-refractivity contribution in [3.63, 3.8) is 0 Å². The van der Waals surface area contributed by atoms with Crippen molar-refractivity contribution in [3.8, 4) is 0 Å². The lowest BCUT2D eigenvalue weighted by atomic mass is 10.1. The Kier molecular flexibility index (Phi) is 5.79. The molecule has 9 nitrogen and oxygen atoms in total. The predicted molar refractivity (Wildman–Crippen MR) is 113 cm³/mol. The Hall–Kier alpha value is -3.40. The Morgan fingerprint density at radius 3 is 2.53 bits per heavy atom. The second-order valence-electron chi connectivity index (χ2n) is 6.99. The minimum absolute atomic E-state index is 0.114.